The number of nitrogens with zero attached hydrogens (tertiary/aromatic N) is 2. The molecule has 2 aromatic rings. The van der Waals surface area contributed by atoms with E-state index in [2.05, 4.69) is 25.7 Å². The summed E-state index contributed by atoms with van der Waals surface area (Å²) in [6.45, 7) is 3.10. The van der Waals surface area contributed by atoms with E-state index in [4.69, 9.17) is 4.74 Å². The number of hydrogen-bond donors (Lipinski definition) is 3. The van der Waals surface area contributed by atoms with Crippen LogP contribution in [-0.4, -0.2) is 42.8 Å². The number of fused-ring (bicyclic) bond motifs is 2. The van der Waals surface area contributed by atoms with Crippen LogP contribution in [0.25, 0.3) is 0 Å². The van der Waals surface area contributed by atoms with E-state index in [0.717, 1.165) is 47.9 Å². The number of hydrogen-bond acceptors (Lipinski definition) is 5. The molecule has 0 unspecified atom stereocenters. The number of aromatic nitrogens is 2. The van der Waals surface area contributed by atoms with Gasteiger partial charge in [-0.15, -0.1) is 12.4 Å². The van der Waals surface area contributed by atoms with Crippen LogP contribution in [0.4, 0.5) is 11.4 Å². The van der Waals surface area contributed by atoms with Crippen LogP contribution in [0, 0.1) is 0 Å². The lowest BCUT2D eigenvalue weighted by molar-refractivity contribution is 0.102. The summed E-state index contributed by atoms with van der Waals surface area (Å²) in [5.74, 6) is 0.656. The average Bonchev–Trinajstić information content (AvgIpc) is 3.00. The summed E-state index contributed by atoms with van der Waals surface area (Å²) in [5, 5.41) is 13.4. The second-order valence-electron chi connectivity index (χ2n) is 5.86. The third-order valence-electron chi connectivity index (χ3n) is 4.33. The zero-order valence-electron chi connectivity index (χ0n) is 13.4. The van der Waals surface area contributed by atoms with E-state index >= 15 is 0 Å². The Morgan fingerprint density at radius 1 is 1.42 bits per heavy atom. The summed E-state index contributed by atoms with van der Waals surface area (Å²) in [4.78, 5) is 14.7. The van der Waals surface area contributed by atoms with Crippen molar-refractivity contribution in [2.45, 2.75) is 13.0 Å². The molecule has 0 radical (unpaired) electrons. The van der Waals surface area contributed by atoms with Crippen molar-refractivity contribution in [1.29, 1.82) is 0 Å². The number of likely N-dealkylation sites (N-methyl/N-ethyl adjacent to an activating group) is 1. The van der Waals surface area contributed by atoms with Gasteiger partial charge in [0.2, 0.25) is 0 Å². The van der Waals surface area contributed by atoms with E-state index in [-0.39, 0.29) is 18.3 Å². The predicted octanol–water partition coefficient (Wildman–Crippen LogP) is 1.56. The Morgan fingerprint density at radius 3 is 3.17 bits per heavy atom. The number of halogens is 1. The Balaban J connectivity index is 0.00000169. The minimum absolute atomic E-state index is 0. The van der Waals surface area contributed by atoms with Crippen molar-refractivity contribution in [2.75, 3.05) is 37.0 Å². The smallest absolute Gasteiger partial charge is 0.276 e. The van der Waals surface area contributed by atoms with Crippen LogP contribution in [-0.2, 0) is 13.0 Å². The zero-order valence-corrected chi connectivity index (χ0v) is 14.2. The fraction of sp³-hybridized carbons (Fsp3) is 0.375. The molecule has 2 aliphatic heterocycles. The molecule has 128 valence electrons. The van der Waals surface area contributed by atoms with Gasteiger partial charge in [-0.25, -0.2) is 0 Å². The second kappa shape index (κ2) is 6.70. The largest absolute Gasteiger partial charge is 0.490 e. The maximum absolute atomic E-state index is 12.5. The van der Waals surface area contributed by atoms with E-state index in [9.17, 15) is 4.79 Å². The molecule has 0 fully saturated rings. The van der Waals surface area contributed by atoms with Crippen molar-refractivity contribution < 1.29 is 9.53 Å². The number of anilines is 2. The highest BCUT2D eigenvalue weighted by Gasteiger charge is 2.22. The Morgan fingerprint density at radius 2 is 2.29 bits per heavy atom. The van der Waals surface area contributed by atoms with Crippen LogP contribution in [0.5, 0.6) is 5.75 Å². The van der Waals surface area contributed by atoms with Gasteiger partial charge in [-0.1, -0.05) is 0 Å². The number of carbonyl (C=O) groups is 1. The first kappa shape index (κ1) is 16.6. The van der Waals surface area contributed by atoms with Crippen LogP contribution >= 0.6 is 12.4 Å². The number of carbonyl (C=O) groups excluding carboxylic acids is 1. The molecule has 3 heterocycles. The number of amides is 1. The van der Waals surface area contributed by atoms with Gasteiger partial charge in [0, 0.05) is 43.5 Å². The number of rotatable bonds is 2. The lowest BCUT2D eigenvalue weighted by Gasteiger charge is -2.28. The van der Waals surface area contributed by atoms with Crippen LogP contribution in [0.1, 0.15) is 21.7 Å². The van der Waals surface area contributed by atoms with Crippen molar-refractivity contribution in [2.24, 2.45) is 0 Å². The molecule has 3 N–H and O–H groups in total. The predicted molar refractivity (Wildman–Crippen MR) is 94.4 cm³/mol. The van der Waals surface area contributed by atoms with Crippen molar-refractivity contribution in [1.82, 2.24) is 15.5 Å². The summed E-state index contributed by atoms with van der Waals surface area (Å²) < 4.78 is 5.62. The fourth-order valence-corrected chi connectivity index (χ4v) is 3.03. The molecular weight excluding hydrogens is 330 g/mol. The van der Waals surface area contributed by atoms with Gasteiger partial charge in [0.1, 0.15) is 12.4 Å². The Kier molecular flexibility index (Phi) is 4.64. The van der Waals surface area contributed by atoms with Gasteiger partial charge >= 0.3 is 0 Å². The molecule has 7 nitrogen and oxygen atoms in total. The molecule has 0 aliphatic carbocycles. The Bertz CT molecular complexity index is 761. The Labute approximate surface area is 146 Å². The molecule has 1 aromatic heterocycles. The first-order valence-corrected chi connectivity index (χ1v) is 7.78. The van der Waals surface area contributed by atoms with Gasteiger partial charge in [0.05, 0.1) is 12.2 Å². The van der Waals surface area contributed by atoms with E-state index in [1.165, 1.54) is 0 Å². The number of aromatic amines is 1. The van der Waals surface area contributed by atoms with Crippen molar-refractivity contribution in [3.63, 3.8) is 0 Å². The topological polar surface area (TPSA) is 82.3 Å². The number of H-pyrrole nitrogens is 1. The van der Waals surface area contributed by atoms with Gasteiger partial charge < -0.3 is 20.3 Å². The SMILES string of the molecule is CN1CCOc2ccc(NC(=O)c3n[nH]c4c3CNCC4)cc21.Cl. The highest BCUT2D eigenvalue weighted by molar-refractivity contribution is 6.04. The number of nitrogens with one attached hydrogen (secondary N) is 3. The molecule has 0 bridgehead atoms. The molecule has 1 amide bonds. The first-order valence-electron chi connectivity index (χ1n) is 7.78. The third kappa shape index (κ3) is 2.92. The molecule has 0 spiro atoms. The van der Waals surface area contributed by atoms with E-state index in [1.54, 1.807) is 0 Å². The highest BCUT2D eigenvalue weighted by Crippen LogP contribution is 2.33. The van der Waals surface area contributed by atoms with E-state index in [0.29, 0.717) is 18.8 Å². The number of benzene rings is 1. The first-order chi connectivity index (χ1) is 11.2. The summed E-state index contributed by atoms with van der Waals surface area (Å²) in [7, 11) is 2.02. The minimum atomic E-state index is -0.189. The molecule has 1 aromatic carbocycles. The Hall–Kier alpha value is -2.25. The van der Waals surface area contributed by atoms with Gasteiger partial charge in [-0.3, -0.25) is 9.89 Å². The van der Waals surface area contributed by atoms with Gasteiger partial charge in [-0.2, -0.15) is 5.10 Å². The van der Waals surface area contributed by atoms with Crippen LogP contribution in [0.3, 0.4) is 0 Å². The molecule has 0 saturated heterocycles. The average molecular weight is 350 g/mol. The molecule has 0 atom stereocenters. The van der Waals surface area contributed by atoms with Crippen LogP contribution in [0.15, 0.2) is 18.2 Å². The monoisotopic (exact) mass is 349 g/mol. The molecular formula is C16H20ClN5O2. The van der Waals surface area contributed by atoms with Crippen molar-refractivity contribution >= 4 is 29.7 Å². The molecule has 0 saturated carbocycles. The van der Waals surface area contributed by atoms with Crippen molar-refractivity contribution in [3.8, 4) is 5.75 Å². The van der Waals surface area contributed by atoms with E-state index in [1.807, 2.05) is 25.2 Å². The lowest BCUT2D eigenvalue weighted by Crippen LogP contribution is -2.29. The normalized spacial score (nSPS) is 15.6. The zero-order chi connectivity index (χ0) is 15.8. The summed E-state index contributed by atoms with van der Waals surface area (Å²) in [6.07, 6.45) is 0.872. The second-order valence-corrected chi connectivity index (χ2v) is 5.86. The summed E-state index contributed by atoms with van der Waals surface area (Å²) >= 11 is 0. The number of ether oxygens (including phenoxy) is 1. The molecule has 8 heteroatoms. The van der Waals surface area contributed by atoms with E-state index < -0.39 is 0 Å². The van der Waals surface area contributed by atoms with Gasteiger partial charge in [0.25, 0.3) is 5.91 Å². The van der Waals surface area contributed by atoms with Crippen molar-refractivity contribution in [3.05, 3.63) is 35.2 Å². The highest BCUT2D eigenvalue weighted by atomic mass is 35.5. The fourth-order valence-electron chi connectivity index (χ4n) is 3.03. The molecule has 24 heavy (non-hydrogen) atoms. The third-order valence-corrected chi connectivity index (χ3v) is 4.33. The quantitative estimate of drug-likeness (QED) is 0.766. The van der Waals surface area contributed by atoms with Crippen LogP contribution < -0.4 is 20.3 Å². The lowest BCUT2D eigenvalue weighted by atomic mass is 10.1. The standard InChI is InChI=1S/C16H19N5O2.ClH/c1-21-6-7-23-14-3-2-10(8-13(14)21)18-16(22)15-11-9-17-5-4-12(11)19-20-15;/h2-3,8,17H,4-7,9H2,1H3,(H,18,22)(H,19,20);1H. The van der Waals surface area contributed by atoms with Gasteiger partial charge in [-0.05, 0) is 18.2 Å². The minimum Gasteiger partial charge on any atom is -0.490 e. The molecule has 4 rings (SSSR count). The summed E-state index contributed by atoms with van der Waals surface area (Å²) in [6, 6.07) is 5.68. The van der Waals surface area contributed by atoms with Crippen LogP contribution in [0.2, 0.25) is 0 Å². The van der Waals surface area contributed by atoms with Gasteiger partial charge in [0.15, 0.2) is 5.69 Å². The maximum atomic E-state index is 12.5. The molecule has 2 aliphatic rings. The maximum Gasteiger partial charge on any atom is 0.276 e. The summed E-state index contributed by atoms with van der Waals surface area (Å²) in [5.41, 5.74) is 4.21.